The van der Waals surface area contributed by atoms with Crippen molar-refractivity contribution in [3.8, 4) is 0 Å². The van der Waals surface area contributed by atoms with Gasteiger partial charge >= 0.3 is 0 Å². The topological polar surface area (TPSA) is 40.5 Å². The van der Waals surface area contributed by atoms with E-state index in [1.54, 1.807) is 5.57 Å². The van der Waals surface area contributed by atoms with Crippen molar-refractivity contribution in [2.75, 3.05) is 0 Å². The van der Waals surface area contributed by atoms with Crippen LogP contribution < -0.4 is 0 Å². The molecule has 0 aromatic rings. The molecule has 4 aliphatic rings. The lowest BCUT2D eigenvalue weighted by Crippen LogP contribution is -2.51. The van der Waals surface area contributed by atoms with Crippen LogP contribution in [0.15, 0.2) is 11.6 Å². The highest BCUT2D eigenvalue weighted by Crippen LogP contribution is 2.67. The van der Waals surface area contributed by atoms with Gasteiger partial charge in [0, 0.05) is 0 Å². The Kier molecular flexibility index (Phi) is 6.01. The van der Waals surface area contributed by atoms with Gasteiger partial charge in [-0.2, -0.15) is 0 Å². The average molecular weight is 403 g/mol. The number of fused-ring (bicyclic) bond motifs is 5. The highest BCUT2D eigenvalue weighted by Gasteiger charge is 2.59. The Hall–Kier alpha value is -0.340. The number of rotatable bonds is 5. The van der Waals surface area contributed by atoms with E-state index in [4.69, 9.17) is 0 Å². The van der Waals surface area contributed by atoms with Gasteiger partial charge in [-0.1, -0.05) is 46.3 Å². The van der Waals surface area contributed by atoms with Crippen molar-refractivity contribution in [2.45, 2.75) is 111 Å². The second-order valence-corrected chi connectivity index (χ2v) is 12.2. The van der Waals surface area contributed by atoms with Crippen molar-refractivity contribution >= 4 is 0 Å². The van der Waals surface area contributed by atoms with Gasteiger partial charge in [-0.25, -0.2) is 0 Å². The lowest BCUT2D eigenvalue weighted by Gasteiger charge is -2.59. The summed E-state index contributed by atoms with van der Waals surface area (Å²) < 4.78 is 0. The van der Waals surface area contributed by atoms with Crippen LogP contribution in [0.5, 0.6) is 0 Å². The van der Waals surface area contributed by atoms with Crippen LogP contribution in [0.1, 0.15) is 98.8 Å². The fourth-order valence-corrected chi connectivity index (χ4v) is 8.65. The van der Waals surface area contributed by atoms with Gasteiger partial charge in [0.25, 0.3) is 0 Å². The molecular weight excluding hydrogens is 356 g/mol. The summed E-state index contributed by atoms with van der Waals surface area (Å²) in [7, 11) is 0. The third-order valence-electron chi connectivity index (χ3n) is 10.5. The van der Waals surface area contributed by atoms with Crippen LogP contribution in [0.2, 0.25) is 0 Å². The molecule has 0 saturated heterocycles. The van der Waals surface area contributed by atoms with Crippen molar-refractivity contribution in [3.05, 3.63) is 11.6 Å². The number of aliphatic hydroxyl groups is 2. The molecule has 2 heteroatoms. The summed E-state index contributed by atoms with van der Waals surface area (Å²) in [5, 5.41) is 20.5. The largest absolute Gasteiger partial charge is 0.393 e. The van der Waals surface area contributed by atoms with Crippen LogP contribution in [-0.2, 0) is 0 Å². The Morgan fingerprint density at radius 2 is 1.72 bits per heavy atom. The van der Waals surface area contributed by atoms with Gasteiger partial charge in [0.15, 0.2) is 0 Å². The minimum Gasteiger partial charge on any atom is -0.393 e. The van der Waals surface area contributed by atoms with Crippen LogP contribution in [0.25, 0.3) is 0 Å². The summed E-state index contributed by atoms with van der Waals surface area (Å²) in [6.07, 6.45) is 14.4. The molecule has 4 aliphatic carbocycles. The molecule has 166 valence electrons. The predicted octanol–water partition coefficient (Wildman–Crippen LogP) is 6.36. The standard InChI is InChI=1S/C27H46O2/c1-17(2)25(29)11-6-18(3)22-9-10-23-21-8-7-19-16-20(28)12-14-26(19,4)24(21)13-15-27(22,23)5/h16-18,20-25,28-29H,6-15H2,1-5H3/t18-,20+,21+,22?,23+,24+,25?,26+,27-/m1/s1. The zero-order valence-electron chi connectivity index (χ0n) is 19.7. The van der Waals surface area contributed by atoms with Gasteiger partial charge in [0.05, 0.1) is 12.2 Å². The maximum atomic E-state index is 10.3. The Labute approximate surface area is 179 Å². The first-order chi connectivity index (χ1) is 13.7. The third-order valence-corrected chi connectivity index (χ3v) is 10.5. The Morgan fingerprint density at radius 3 is 2.45 bits per heavy atom. The number of hydrogen-bond acceptors (Lipinski definition) is 2. The summed E-state index contributed by atoms with van der Waals surface area (Å²) >= 11 is 0. The zero-order valence-corrected chi connectivity index (χ0v) is 19.7. The predicted molar refractivity (Wildman–Crippen MR) is 120 cm³/mol. The second-order valence-electron chi connectivity index (χ2n) is 12.2. The van der Waals surface area contributed by atoms with Crippen molar-refractivity contribution < 1.29 is 10.2 Å². The molecule has 0 aliphatic heterocycles. The molecule has 0 spiro atoms. The molecule has 2 N–H and O–H groups in total. The molecule has 2 unspecified atom stereocenters. The smallest absolute Gasteiger partial charge is 0.0724 e. The van der Waals surface area contributed by atoms with Crippen molar-refractivity contribution in [3.63, 3.8) is 0 Å². The lowest BCUT2D eigenvalue weighted by atomic mass is 9.46. The molecule has 4 rings (SSSR count). The molecule has 0 heterocycles. The maximum absolute atomic E-state index is 10.3. The summed E-state index contributed by atoms with van der Waals surface area (Å²) in [6, 6.07) is 0. The molecule has 29 heavy (non-hydrogen) atoms. The van der Waals surface area contributed by atoms with E-state index in [0.717, 1.165) is 42.4 Å². The molecule has 3 fully saturated rings. The SMILES string of the molecule is CC(C)C(O)CC[C@@H](C)C1CC[C@H]2[C@@H]3CCC4=C[C@@H](O)CC[C@]4(C)[C@H]3CC[C@]12C. The van der Waals surface area contributed by atoms with Crippen LogP contribution in [0.4, 0.5) is 0 Å². The van der Waals surface area contributed by atoms with E-state index in [1.807, 2.05) is 0 Å². The monoisotopic (exact) mass is 402 g/mol. The Balaban J connectivity index is 1.48. The molecule has 0 radical (unpaired) electrons. The van der Waals surface area contributed by atoms with E-state index < -0.39 is 0 Å². The van der Waals surface area contributed by atoms with Gasteiger partial charge in [-0.15, -0.1) is 0 Å². The first kappa shape index (κ1) is 21.9. The summed E-state index contributed by atoms with van der Waals surface area (Å²) in [5.41, 5.74) is 2.45. The highest BCUT2D eigenvalue weighted by molar-refractivity contribution is 5.25. The second kappa shape index (κ2) is 7.97. The molecular formula is C27H46O2. The molecule has 2 nitrogen and oxygen atoms in total. The lowest BCUT2D eigenvalue weighted by molar-refractivity contribution is -0.0633. The normalized spacial score (nSPS) is 46.5. The molecule has 0 bridgehead atoms. The van der Waals surface area contributed by atoms with E-state index in [0.29, 0.717) is 16.7 Å². The summed E-state index contributed by atoms with van der Waals surface area (Å²) in [5.74, 6) is 4.58. The first-order valence-electron chi connectivity index (χ1n) is 12.7. The molecule has 0 amide bonds. The minimum absolute atomic E-state index is 0.136. The van der Waals surface area contributed by atoms with Crippen molar-refractivity contribution in [2.24, 2.45) is 46.3 Å². The molecule has 9 atom stereocenters. The minimum atomic E-state index is -0.193. The first-order valence-corrected chi connectivity index (χ1v) is 12.7. The van der Waals surface area contributed by atoms with E-state index >= 15 is 0 Å². The van der Waals surface area contributed by atoms with Crippen LogP contribution in [0, 0.1) is 46.3 Å². The maximum Gasteiger partial charge on any atom is 0.0724 e. The van der Waals surface area contributed by atoms with Gasteiger partial charge in [0.2, 0.25) is 0 Å². The van der Waals surface area contributed by atoms with Crippen molar-refractivity contribution in [1.82, 2.24) is 0 Å². The summed E-state index contributed by atoms with van der Waals surface area (Å²) in [4.78, 5) is 0. The van der Waals surface area contributed by atoms with Gasteiger partial charge in [0.1, 0.15) is 0 Å². The van der Waals surface area contributed by atoms with E-state index in [-0.39, 0.29) is 12.2 Å². The van der Waals surface area contributed by atoms with Crippen LogP contribution in [0.3, 0.4) is 0 Å². The number of hydrogen-bond donors (Lipinski definition) is 2. The fraction of sp³-hybridized carbons (Fsp3) is 0.926. The van der Waals surface area contributed by atoms with Gasteiger partial charge in [-0.05, 0) is 111 Å². The fourth-order valence-electron chi connectivity index (χ4n) is 8.65. The van der Waals surface area contributed by atoms with Crippen molar-refractivity contribution in [1.29, 1.82) is 0 Å². The molecule has 3 saturated carbocycles. The van der Waals surface area contributed by atoms with Crippen LogP contribution >= 0.6 is 0 Å². The van der Waals surface area contributed by atoms with E-state index in [2.05, 4.69) is 40.7 Å². The highest BCUT2D eigenvalue weighted by atomic mass is 16.3. The Morgan fingerprint density at radius 1 is 0.966 bits per heavy atom. The molecule has 0 aromatic heterocycles. The third kappa shape index (κ3) is 3.65. The zero-order chi connectivity index (χ0) is 21.0. The Bertz CT molecular complexity index is 624. The average Bonchev–Trinajstić information content (AvgIpc) is 3.03. The quantitative estimate of drug-likeness (QED) is 0.525. The van der Waals surface area contributed by atoms with E-state index in [1.165, 1.54) is 51.4 Å². The van der Waals surface area contributed by atoms with Gasteiger partial charge < -0.3 is 10.2 Å². The van der Waals surface area contributed by atoms with Gasteiger partial charge in [-0.3, -0.25) is 0 Å². The van der Waals surface area contributed by atoms with E-state index in [9.17, 15) is 10.2 Å². The molecule has 0 aromatic carbocycles. The summed E-state index contributed by atoms with van der Waals surface area (Å²) in [6.45, 7) is 11.9. The van der Waals surface area contributed by atoms with Crippen LogP contribution in [-0.4, -0.2) is 22.4 Å². The number of aliphatic hydroxyl groups excluding tert-OH is 2. The number of allylic oxidation sites excluding steroid dienone is 1.